The van der Waals surface area contributed by atoms with E-state index in [9.17, 15) is 0 Å². The number of rotatable bonds is 6. The minimum Gasteiger partial charge on any atom is -0.497 e. The Morgan fingerprint density at radius 2 is 1.80 bits per heavy atom. The molecule has 2 rings (SSSR count). The highest BCUT2D eigenvalue weighted by Gasteiger charge is 1.92. The average molecular weight is 333 g/mol. The van der Waals surface area contributed by atoms with E-state index in [1.165, 1.54) is 0 Å². The van der Waals surface area contributed by atoms with Crippen LogP contribution in [0, 0.1) is 0 Å². The summed E-state index contributed by atoms with van der Waals surface area (Å²) in [5, 5.41) is 3.31. The SMILES string of the molecule is COc1ccc(NCCN=Cc2ccc(Br)cc2)cc1. The zero-order valence-electron chi connectivity index (χ0n) is 11.3. The Morgan fingerprint density at radius 3 is 2.45 bits per heavy atom. The van der Waals surface area contributed by atoms with Gasteiger partial charge in [-0.1, -0.05) is 28.1 Å². The Kier molecular flexibility index (Phi) is 5.62. The Balaban J connectivity index is 1.74. The van der Waals surface area contributed by atoms with Crippen LogP contribution in [0.1, 0.15) is 5.56 Å². The van der Waals surface area contributed by atoms with Crippen LogP contribution in [0.3, 0.4) is 0 Å². The fourth-order valence-electron chi connectivity index (χ4n) is 1.69. The van der Waals surface area contributed by atoms with Crippen LogP contribution in [0.4, 0.5) is 5.69 Å². The van der Waals surface area contributed by atoms with Gasteiger partial charge in [-0.15, -0.1) is 0 Å². The van der Waals surface area contributed by atoms with Crippen molar-refractivity contribution in [1.82, 2.24) is 0 Å². The second-order valence-corrected chi connectivity index (χ2v) is 5.16. The first-order valence-electron chi connectivity index (χ1n) is 6.41. The number of halogens is 1. The number of methoxy groups -OCH3 is 1. The summed E-state index contributed by atoms with van der Waals surface area (Å²) < 4.78 is 6.19. The van der Waals surface area contributed by atoms with Crippen LogP contribution in [-0.2, 0) is 0 Å². The van der Waals surface area contributed by atoms with Crippen LogP contribution in [-0.4, -0.2) is 26.4 Å². The van der Waals surface area contributed by atoms with Gasteiger partial charge in [0.05, 0.1) is 13.7 Å². The molecule has 2 aromatic rings. The molecule has 0 radical (unpaired) electrons. The molecule has 0 heterocycles. The standard InChI is InChI=1S/C16H17BrN2O/c1-20-16-8-6-15(7-9-16)19-11-10-18-12-13-2-4-14(17)5-3-13/h2-9,12,19H,10-11H2,1H3. The van der Waals surface area contributed by atoms with Gasteiger partial charge >= 0.3 is 0 Å². The molecule has 0 saturated carbocycles. The maximum absolute atomic E-state index is 5.11. The quantitative estimate of drug-likeness (QED) is 0.641. The summed E-state index contributed by atoms with van der Waals surface area (Å²) in [6.45, 7) is 1.54. The van der Waals surface area contributed by atoms with E-state index in [-0.39, 0.29) is 0 Å². The Morgan fingerprint density at radius 1 is 1.10 bits per heavy atom. The van der Waals surface area contributed by atoms with E-state index in [0.29, 0.717) is 0 Å². The zero-order valence-corrected chi connectivity index (χ0v) is 12.9. The van der Waals surface area contributed by atoms with Gasteiger partial charge in [-0.3, -0.25) is 4.99 Å². The van der Waals surface area contributed by atoms with Crippen molar-refractivity contribution in [3.63, 3.8) is 0 Å². The largest absolute Gasteiger partial charge is 0.497 e. The number of hydrogen-bond acceptors (Lipinski definition) is 3. The van der Waals surface area contributed by atoms with Crippen molar-refractivity contribution in [3.8, 4) is 5.75 Å². The van der Waals surface area contributed by atoms with Crippen molar-refractivity contribution in [2.75, 3.05) is 25.5 Å². The van der Waals surface area contributed by atoms with Crippen molar-refractivity contribution in [3.05, 3.63) is 58.6 Å². The molecule has 104 valence electrons. The Labute approximate surface area is 127 Å². The molecule has 20 heavy (non-hydrogen) atoms. The number of ether oxygens (including phenoxy) is 1. The third-order valence-electron chi connectivity index (χ3n) is 2.77. The molecule has 0 amide bonds. The maximum Gasteiger partial charge on any atom is 0.119 e. The van der Waals surface area contributed by atoms with Crippen molar-refractivity contribution in [2.45, 2.75) is 0 Å². The smallest absolute Gasteiger partial charge is 0.119 e. The van der Waals surface area contributed by atoms with Crippen molar-refractivity contribution >= 4 is 27.8 Å². The Bertz CT molecular complexity index is 550. The predicted octanol–water partition coefficient (Wildman–Crippen LogP) is 3.99. The second kappa shape index (κ2) is 7.70. The first-order chi connectivity index (χ1) is 9.78. The lowest BCUT2D eigenvalue weighted by Gasteiger charge is -2.05. The summed E-state index contributed by atoms with van der Waals surface area (Å²) in [6.07, 6.45) is 1.89. The van der Waals surface area contributed by atoms with E-state index in [4.69, 9.17) is 4.74 Å². The molecule has 0 saturated heterocycles. The predicted molar refractivity (Wildman–Crippen MR) is 88.1 cm³/mol. The summed E-state index contributed by atoms with van der Waals surface area (Å²) in [5.41, 5.74) is 2.18. The monoisotopic (exact) mass is 332 g/mol. The highest BCUT2D eigenvalue weighted by Crippen LogP contribution is 2.14. The van der Waals surface area contributed by atoms with E-state index < -0.39 is 0 Å². The van der Waals surface area contributed by atoms with Crippen molar-refractivity contribution in [2.24, 2.45) is 4.99 Å². The molecular weight excluding hydrogens is 316 g/mol. The van der Waals surface area contributed by atoms with Crippen LogP contribution in [0.25, 0.3) is 0 Å². The van der Waals surface area contributed by atoms with E-state index in [0.717, 1.165) is 34.6 Å². The zero-order chi connectivity index (χ0) is 14.2. The van der Waals surface area contributed by atoms with Gasteiger partial charge in [0.15, 0.2) is 0 Å². The highest BCUT2D eigenvalue weighted by atomic mass is 79.9. The summed E-state index contributed by atoms with van der Waals surface area (Å²) in [6, 6.07) is 16.0. The minimum atomic E-state index is 0.738. The average Bonchev–Trinajstić information content (AvgIpc) is 2.49. The molecule has 1 N–H and O–H groups in total. The van der Waals surface area contributed by atoms with Gasteiger partial charge in [-0.05, 0) is 42.0 Å². The summed E-state index contributed by atoms with van der Waals surface area (Å²) in [4.78, 5) is 4.39. The molecular formula is C16H17BrN2O. The van der Waals surface area contributed by atoms with E-state index in [1.807, 2.05) is 54.7 Å². The number of anilines is 1. The molecule has 4 heteroatoms. The van der Waals surface area contributed by atoms with E-state index >= 15 is 0 Å². The lowest BCUT2D eigenvalue weighted by atomic mass is 10.2. The van der Waals surface area contributed by atoms with E-state index in [1.54, 1.807) is 7.11 Å². The molecule has 0 aliphatic carbocycles. The molecule has 0 aliphatic heterocycles. The fraction of sp³-hybridized carbons (Fsp3) is 0.188. The second-order valence-electron chi connectivity index (χ2n) is 4.24. The topological polar surface area (TPSA) is 33.6 Å². The van der Waals surface area contributed by atoms with Crippen LogP contribution < -0.4 is 10.1 Å². The number of aliphatic imine (C=N–C) groups is 1. The first-order valence-corrected chi connectivity index (χ1v) is 7.20. The minimum absolute atomic E-state index is 0.738. The van der Waals surface area contributed by atoms with Crippen LogP contribution in [0.15, 0.2) is 58.0 Å². The highest BCUT2D eigenvalue weighted by molar-refractivity contribution is 9.10. The number of hydrogen-bond donors (Lipinski definition) is 1. The molecule has 3 nitrogen and oxygen atoms in total. The lowest BCUT2D eigenvalue weighted by Crippen LogP contribution is -2.04. The van der Waals surface area contributed by atoms with E-state index in [2.05, 4.69) is 26.2 Å². The van der Waals surface area contributed by atoms with Gasteiger partial charge in [-0.2, -0.15) is 0 Å². The van der Waals surface area contributed by atoms with Crippen molar-refractivity contribution in [1.29, 1.82) is 0 Å². The third kappa shape index (κ3) is 4.70. The van der Waals surface area contributed by atoms with Gasteiger partial charge in [0.2, 0.25) is 0 Å². The molecule has 0 bridgehead atoms. The normalized spacial score (nSPS) is 10.7. The molecule has 0 aliphatic rings. The summed E-state index contributed by atoms with van der Waals surface area (Å²) in [7, 11) is 1.67. The molecule has 0 aromatic heterocycles. The van der Waals surface area contributed by atoms with Gasteiger partial charge in [-0.25, -0.2) is 0 Å². The maximum atomic E-state index is 5.11. The summed E-state index contributed by atoms with van der Waals surface area (Å²) >= 11 is 3.41. The summed E-state index contributed by atoms with van der Waals surface area (Å²) in [5.74, 6) is 0.865. The van der Waals surface area contributed by atoms with Crippen LogP contribution >= 0.6 is 15.9 Å². The van der Waals surface area contributed by atoms with Gasteiger partial charge in [0.25, 0.3) is 0 Å². The molecule has 0 atom stereocenters. The number of benzene rings is 2. The van der Waals surface area contributed by atoms with Crippen molar-refractivity contribution < 1.29 is 4.74 Å². The number of nitrogens with one attached hydrogen (secondary N) is 1. The third-order valence-corrected chi connectivity index (χ3v) is 3.30. The first kappa shape index (κ1) is 14.6. The molecule has 0 spiro atoms. The van der Waals surface area contributed by atoms with Crippen LogP contribution in [0.2, 0.25) is 0 Å². The Hall–Kier alpha value is -1.81. The fourth-order valence-corrected chi connectivity index (χ4v) is 1.96. The van der Waals surface area contributed by atoms with Crippen LogP contribution in [0.5, 0.6) is 5.75 Å². The molecule has 2 aromatic carbocycles. The molecule has 0 fully saturated rings. The lowest BCUT2D eigenvalue weighted by molar-refractivity contribution is 0.415. The van der Waals surface area contributed by atoms with Gasteiger partial charge in [0, 0.05) is 22.9 Å². The number of nitrogens with zero attached hydrogens (tertiary/aromatic N) is 1. The molecule has 0 unspecified atom stereocenters. The van der Waals surface area contributed by atoms with Gasteiger partial charge in [0.1, 0.15) is 5.75 Å². The van der Waals surface area contributed by atoms with Gasteiger partial charge < -0.3 is 10.1 Å².